The van der Waals surface area contributed by atoms with Crippen molar-refractivity contribution >= 4 is 35.7 Å². The quantitative estimate of drug-likeness (QED) is 0.754. The molecule has 20 heavy (non-hydrogen) atoms. The predicted molar refractivity (Wildman–Crippen MR) is 87.1 cm³/mol. The van der Waals surface area contributed by atoms with E-state index in [4.69, 9.17) is 0 Å². The van der Waals surface area contributed by atoms with Crippen LogP contribution < -0.4 is 15.5 Å². The lowest BCUT2D eigenvalue weighted by Gasteiger charge is -2.13. The summed E-state index contributed by atoms with van der Waals surface area (Å²) in [7, 11) is 3.94. The number of hydrogen-bond acceptors (Lipinski definition) is 3. The van der Waals surface area contributed by atoms with Crippen molar-refractivity contribution in [3.63, 3.8) is 0 Å². The normalized spacial score (nSPS) is 9.95. The third-order valence-electron chi connectivity index (χ3n) is 2.79. The third-order valence-corrected chi connectivity index (χ3v) is 3.18. The lowest BCUT2D eigenvalue weighted by atomic mass is 10.2. The number of para-hydroxylation sites is 1. The molecular formula is C15H17N3OS. The largest absolute Gasteiger partial charge is 0.378 e. The fourth-order valence-corrected chi connectivity index (χ4v) is 1.92. The van der Waals surface area contributed by atoms with Crippen LogP contribution in [-0.2, 0) is 0 Å². The van der Waals surface area contributed by atoms with Gasteiger partial charge in [0.1, 0.15) is 0 Å². The molecule has 2 N–H and O–H groups in total. The molecule has 0 atom stereocenters. The molecule has 2 aromatic rings. The zero-order valence-electron chi connectivity index (χ0n) is 11.4. The summed E-state index contributed by atoms with van der Waals surface area (Å²) >= 11 is 4.29. The SMILES string of the molecule is CN(C)c1ccc(NC(=O)Nc2ccccc2S)cc1. The first-order valence-corrected chi connectivity index (χ1v) is 6.64. The summed E-state index contributed by atoms with van der Waals surface area (Å²) in [6.07, 6.45) is 0. The van der Waals surface area contributed by atoms with Crippen molar-refractivity contribution in [1.29, 1.82) is 0 Å². The molecule has 2 amide bonds. The molecule has 104 valence electrons. The van der Waals surface area contributed by atoms with Crippen LogP contribution in [0.15, 0.2) is 53.4 Å². The second kappa shape index (κ2) is 6.34. The summed E-state index contributed by atoms with van der Waals surface area (Å²) < 4.78 is 0. The number of hydrogen-bond donors (Lipinski definition) is 3. The Labute approximate surface area is 124 Å². The van der Waals surface area contributed by atoms with E-state index < -0.39 is 0 Å². The maximum Gasteiger partial charge on any atom is 0.323 e. The summed E-state index contributed by atoms with van der Waals surface area (Å²) in [4.78, 5) is 14.6. The van der Waals surface area contributed by atoms with E-state index >= 15 is 0 Å². The standard InChI is InChI=1S/C15H17N3OS/c1-18(2)12-9-7-11(8-10-12)16-15(19)17-13-5-3-4-6-14(13)20/h3-10,20H,1-2H3,(H2,16,17,19). The molecule has 0 saturated carbocycles. The average molecular weight is 287 g/mol. The molecule has 0 aromatic heterocycles. The van der Waals surface area contributed by atoms with Crippen molar-refractivity contribution in [3.8, 4) is 0 Å². The fourth-order valence-electron chi connectivity index (χ4n) is 1.71. The zero-order valence-corrected chi connectivity index (χ0v) is 12.3. The molecule has 0 radical (unpaired) electrons. The average Bonchev–Trinajstić information content (AvgIpc) is 2.42. The van der Waals surface area contributed by atoms with Crippen molar-refractivity contribution in [2.24, 2.45) is 0 Å². The van der Waals surface area contributed by atoms with Crippen LogP contribution in [0.4, 0.5) is 21.9 Å². The highest BCUT2D eigenvalue weighted by Gasteiger charge is 2.05. The fraction of sp³-hybridized carbons (Fsp3) is 0.133. The van der Waals surface area contributed by atoms with Gasteiger partial charge in [-0.05, 0) is 36.4 Å². The summed E-state index contributed by atoms with van der Waals surface area (Å²) in [5.41, 5.74) is 2.50. The van der Waals surface area contributed by atoms with Crippen molar-refractivity contribution in [2.75, 3.05) is 29.6 Å². The Morgan fingerprint density at radius 2 is 1.65 bits per heavy atom. The number of benzene rings is 2. The number of nitrogens with one attached hydrogen (secondary N) is 2. The minimum atomic E-state index is -0.288. The van der Waals surface area contributed by atoms with Crippen LogP contribution in [-0.4, -0.2) is 20.1 Å². The van der Waals surface area contributed by atoms with Gasteiger partial charge in [-0.25, -0.2) is 4.79 Å². The van der Waals surface area contributed by atoms with Crippen molar-refractivity contribution in [3.05, 3.63) is 48.5 Å². The van der Waals surface area contributed by atoms with E-state index in [9.17, 15) is 4.79 Å². The van der Waals surface area contributed by atoms with Crippen LogP contribution in [0, 0.1) is 0 Å². The number of anilines is 3. The Balaban J connectivity index is 1.99. The molecule has 0 fully saturated rings. The summed E-state index contributed by atoms with van der Waals surface area (Å²) in [6.45, 7) is 0. The second-order valence-electron chi connectivity index (χ2n) is 4.54. The molecule has 0 aliphatic carbocycles. The number of urea groups is 1. The molecule has 0 bridgehead atoms. The number of rotatable bonds is 3. The monoisotopic (exact) mass is 287 g/mol. The maximum atomic E-state index is 11.9. The highest BCUT2D eigenvalue weighted by molar-refractivity contribution is 7.80. The van der Waals surface area contributed by atoms with Gasteiger partial charge in [0.15, 0.2) is 0 Å². The van der Waals surface area contributed by atoms with Gasteiger partial charge in [-0.1, -0.05) is 12.1 Å². The van der Waals surface area contributed by atoms with E-state index in [2.05, 4.69) is 23.3 Å². The van der Waals surface area contributed by atoms with Crippen LogP contribution in [0.3, 0.4) is 0 Å². The van der Waals surface area contributed by atoms with E-state index in [-0.39, 0.29) is 6.03 Å². The summed E-state index contributed by atoms with van der Waals surface area (Å²) in [6, 6.07) is 14.7. The molecule has 0 spiro atoms. The number of carbonyl (C=O) groups excluding carboxylic acids is 1. The van der Waals surface area contributed by atoms with Crippen LogP contribution in [0.2, 0.25) is 0 Å². The second-order valence-corrected chi connectivity index (χ2v) is 5.02. The molecule has 2 rings (SSSR count). The Kier molecular flexibility index (Phi) is 4.53. The van der Waals surface area contributed by atoms with E-state index in [1.54, 1.807) is 6.07 Å². The molecule has 0 aliphatic rings. The minimum Gasteiger partial charge on any atom is -0.378 e. The van der Waals surface area contributed by atoms with Gasteiger partial charge in [-0.15, -0.1) is 12.6 Å². The highest BCUT2D eigenvalue weighted by Crippen LogP contribution is 2.19. The number of nitrogens with zero attached hydrogens (tertiary/aromatic N) is 1. The van der Waals surface area contributed by atoms with Gasteiger partial charge in [0.05, 0.1) is 5.69 Å². The van der Waals surface area contributed by atoms with Crippen LogP contribution in [0.5, 0.6) is 0 Å². The van der Waals surface area contributed by atoms with Gasteiger partial charge in [-0.2, -0.15) is 0 Å². The first kappa shape index (κ1) is 14.3. The zero-order chi connectivity index (χ0) is 14.5. The lowest BCUT2D eigenvalue weighted by Crippen LogP contribution is -2.19. The van der Waals surface area contributed by atoms with Crippen LogP contribution in [0.25, 0.3) is 0 Å². The lowest BCUT2D eigenvalue weighted by molar-refractivity contribution is 0.262. The molecular weight excluding hydrogens is 270 g/mol. The number of thiol groups is 1. The molecule has 0 aliphatic heterocycles. The first-order chi connectivity index (χ1) is 9.56. The molecule has 0 saturated heterocycles. The van der Waals surface area contributed by atoms with Gasteiger partial charge in [0, 0.05) is 30.4 Å². The van der Waals surface area contributed by atoms with E-state index in [1.807, 2.05) is 61.5 Å². The van der Waals surface area contributed by atoms with Gasteiger partial charge in [0.2, 0.25) is 0 Å². The Morgan fingerprint density at radius 3 is 2.25 bits per heavy atom. The molecule has 0 unspecified atom stereocenters. The molecule has 0 heterocycles. The Hall–Kier alpha value is -2.14. The Morgan fingerprint density at radius 1 is 1.00 bits per heavy atom. The summed E-state index contributed by atoms with van der Waals surface area (Å²) in [5.74, 6) is 0. The van der Waals surface area contributed by atoms with Gasteiger partial charge >= 0.3 is 6.03 Å². The van der Waals surface area contributed by atoms with Crippen molar-refractivity contribution < 1.29 is 4.79 Å². The Bertz CT molecular complexity index is 596. The van der Waals surface area contributed by atoms with Gasteiger partial charge in [-0.3, -0.25) is 0 Å². The predicted octanol–water partition coefficient (Wildman–Crippen LogP) is 3.69. The minimum absolute atomic E-state index is 0.288. The van der Waals surface area contributed by atoms with E-state index in [0.29, 0.717) is 5.69 Å². The van der Waals surface area contributed by atoms with Crippen molar-refractivity contribution in [1.82, 2.24) is 0 Å². The summed E-state index contributed by atoms with van der Waals surface area (Å²) in [5, 5.41) is 5.54. The van der Waals surface area contributed by atoms with Crippen molar-refractivity contribution in [2.45, 2.75) is 4.90 Å². The molecule has 2 aromatic carbocycles. The van der Waals surface area contributed by atoms with E-state index in [0.717, 1.165) is 16.3 Å². The van der Waals surface area contributed by atoms with E-state index in [1.165, 1.54) is 0 Å². The van der Waals surface area contributed by atoms with Gasteiger partial charge in [0.25, 0.3) is 0 Å². The molecule has 5 heteroatoms. The first-order valence-electron chi connectivity index (χ1n) is 6.19. The highest BCUT2D eigenvalue weighted by atomic mass is 32.1. The number of carbonyl (C=O) groups is 1. The third kappa shape index (κ3) is 3.68. The van der Waals surface area contributed by atoms with Gasteiger partial charge < -0.3 is 15.5 Å². The number of amides is 2. The molecule has 4 nitrogen and oxygen atoms in total. The topological polar surface area (TPSA) is 44.4 Å². The van der Waals surface area contributed by atoms with Crippen LogP contribution in [0.1, 0.15) is 0 Å². The maximum absolute atomic E-state index is 11.9. The smallest absolute Gasteiger partial charge is 0.323 e. The van der Waals surface area contributed by atoms with Crippen LogP contribution >= 0.6 is 12.6 Å².